The van der Waals surface area contributed by atoms with Gasteiger partial charge in [0.05, 0.1) is 0 Å². The summed E-state index contributed by atoms with van der Waals surface area (Å²) in [5.41, 5.74) is 5.94. The van der Waals surface area contributed by atoms with Gasteiger partial charge < -0.3 is 16.2 Å². The zero-order valence-electron chi connectivity index (χ0n) is 6.40. The van der Waals surface area contributed by atoms with Gasteiger partial charge >= 0.3 is 5.97 Å². The van der Waals surface area contributed by atoms with Gasteiger partial charge in [-0.05, 0) is 12.1 Å². The van der Waals surface area contributed by atoms with Crippen molar-refractivity contribution in [1.82, 2.24) is 0 Å². The monoisotopic (exact) mass is 166 g/mol. The predicted octanol–water partition coefficient (Wildman–Crippen LogP) is 0.468. The molecule has 0 unspecified atom stereocenters. The van der Waals surface area contributed by atoms with Crippen molar-refractivity contribution in [2.24, 2.45) is 5.73 Å². The summed E-state index contributed by atoms with van der Waals surface area (Å²) in [7, 11) is 0. The third-order valence-corrected chi connectivity index (χ3v) is 1.36. The molecule has 0 bridgehead atoms. The fraction of sp³-hybridized carbons (Fsp3) is 0.125. The number of nitrogens with one attached hydrogen (secondary N) is 1. The first-order valence-corrected chi connectivity index (χ1v) is 3.50. The fourth-order valence-electron chi connectivity index (χ4n) is 0.776. The molecule has 1 atom stereocenters. The molecule has 0 fully saturated rings. The first-order valence-electron chi connectivity index (χ1n) is 3.50. The van der Waals surface area contributed by atoms with Gasteiger partial charge in [0.1, 0.15) is 0 Å². The lowest BCUT2D eigenvalue weighted by atomic mass is 10.3. The van der Waals surface area contributed by atoms with Gasteiger partial charge in [0.25, 0.3) is 0 Å². The van der Waals surface area contributed by atoms with Crippen molar-refractivity contribution in [1.29, 1.82) is 0 Å². The maximum absolute atomic E-state index is 10.3. The Balaban J connectivity index is 2.58. The Morgan fingerprint density at radius 1 is 1.42 bits per heavy atom. The van der Waals surface area contributed by atoms with E-state index in [-0.39, 0.29) is 0 Å². The van der Waals surface area contributed by atoms with Crippen molar-refractivity contribution >= 4 is 11.7 Å². The van der Waals surface area contributed by atoms with Crippen LogP contribution in [0.3, 0.4) is 0 Å². The van der Waals surface area contributed by atoms with E-state index in [9.17, 15) is 4.79 Å². The highest BCUT2D eigenvalue weighted by atomic mass is 16.4. The summed E-state index contributed by atoms with van der Waals surface area (Å²) in [6, 6.07) is 8.96. The molecule has 0 amide bonds. The quantitative estimate of drug-likeness (QED) is 0.570. The SMILES string of the molecule is N[C@H](Nc1ccccc1)C(=O)O. The average Bonchev–Trinajstić information content (AvgIpc) is 2.06. The van der Waals surface area contributed by atoms with Crippen LogP contribution in [0.1, 0.15) is 0 Å². The predicted molar refractivity (Wildman–Crippen MR) is 45.7 cm³/mol. The first-order chi connectivity index (χ1) is 5.70. The van der Waals surface area contributed by atoms with Crippen molar-refractivity contribution in [3.05, 3.63) is 30.3 Å². The molecule has 4 heteroatoms. The first kappa shape index (κ1) is 8.55. The van der Waals surface area contributed by atoms with Crippen LogP contribution in [0.5, 0.6) is 0 Å². The number of carboxylic acid groups (broad SMARTS) is 1. The minimum Gasteiger partial charge on any atom is -0.479 e. The average molecular weight is 166 g/mol. The normalized spacial score (nSPS) is 12.1. The van der Waals surface area contributed by atoms with E-state index in [1.165, 1.54) is 0 Å². The Morgan fingerprint density at radius 3 is 2.50 bits per heavy atom. The van der Waals surface area contributed by atoms with Crippen LogP contribution >= 0.6 is 0 Å². The van der Waals surface area contributed by atoms with Gasteiger partial charge in [-0.25, -0.2) is 4.79 Å². The minimum absolute atomic E-state index is 0.701. The van der Waals surface area contributed by atoms with Gasteiger partial charge in [0.15, 0.2) is 6.17 Å². The second kappa shape index (κ2) is 3.73. The van der Waals surface area contributed by atoms with E-state index in [4.69, 9.17) is 10.8 Å². The van der Waals surface area contributed by atoms with Crippen molar-refractivity contribution in [3.63, 3.8) is 0 Å². The van der Waals surface area contributed by atoms with Gasteiger partial charge in [-0.15, -0.1) is 0 Å². The molecule has 4 N–H and O–H groups in total. The lowest BCUT2D eigenvalue weighted by Gasteiger charge is -2.09. The third kappa shape index (κ3) is 2.25. The minimum atomic E-state index is -1.07. The molecular formula is C8H10N2O2. The Bertz CT molecular complexity index is 261. The van der Waals surface area contributed by atoms with E-state index in [0.29, 0.717) is 5.69 Å². The molecule has 64 valence electrons. The molecule has 0 spiro atoms. The molecule has 0 saturated carbocycles. The molecule has 12 heavy (non-hydrogen) atoms. The topological polar surface area (TPSA) is 75.3 Å². The van der Waals surface area contributed by atoms with E-state index < -0.39 is 12.1 Å². The molecule has 1 aromatic carbocycles. The molecule has 1 aromatic rings. The number of anilines is 1. The molecule has 1 rings (SSSR count). The molecule has 0 heterocycles. The summed E-state index contributed by atoms with van der Waals surface area (Å²) in [6.45, 7) is 0. The van der Waals surface area contributed by atoms with Crippen LogP contribution in [0, 0.1) is 0 Å². The largest absolute Gasteiger partial charge is 0.479 e. The third-order valence-electron chi connectivity index (χ3n) is 1.36. The van der Waals surface area contributed by atoms with Gasteiger partial charge in [0, 0.05) is 5.69 Å². The molecule has 0 radical (unpaired) electrons. The van der Waals surface area contributed by atoms with Gasteiger partial charge in [0.2, 0.25) is 0 Å². The van der Waals surface area contributed by atoms with Crippen LogP contribution in [0.2, 0.25) is 0 Å². The molecule has 0 aliphatic rings. The Hall–Kier alpha value is -1.55. The van der Waals surface area contributed by atoms with Crippen molar-refractivity contribution in [2.45, 2.75) is 6.17 Å². The van der Waals surface area contributed by atoms with E-state index in [0.717, 1.165) is 0 Å². The zero-order chi connectivity index (χ0) is 8.97. The van der Waals surface area contributed by atoms with Crippen molar-refractivity contribution in [2.75, 3.05) is 5.32 Å². The maximum atomic E-state index is 10.3. The van der Waals surface area contributed by atoms with Crippen molar-refractivity contribution in [3.8, 4) is 0 Å². The van der Waals surface area contributed by atoms with Gasteiger partial charge in [-0.1, -0.05) is 18.2 Å². The van der Waals surface area contributed by atoms with E-state index in [2.05, 4.69) is 5.32 Å². The van der Waals surface area contributed by atoms with Crippen LogP contribution in [-0.2, 0) is 4.79 Å². The molecule has 0 aliphatic heterocycles. The van der Waals surface area contributed by atoms with Crippen molar-refractivity contribution < 1.29 is 9.90 Å². The summed E-state index contributed by atoms with van der Waals surface area (Å²) in [5.74, 6) is -1.07. The number of benzene rings is 1. The summed E-state index contributed by atoms with van der Waals surface area (Å²) >= 11 is 0. The van der Waals surface area contributed by atoms with Crippen LogP contribution in [0.4, 0.5) is 5.69 Å². The number of rotatable bonds is 3. The highest BCUT2D eigenvalue weighted by molar-refractivity contribution is 5.76. The number of para-hydroxylation sites is 1. The van der Waals surface area contributed by atoms with Gasteiger partial charge in [-0.2, -0.15) is 0 Å². The Labute approximate surface area is 70.0 Å². The lowest BCUT2D eigenvalue weighted by molar-refractivity contribution is -0.137. The number of carboxylic acids is 1. The number of nitrogens with two attached hydrogens (primary N) is 1. The van der Waals surface area contributed by atoms with Gasteiger partial charge in [-0.3, -0.25) is 0 Å². The lowest BCUT2D eigenvalue weighted by Crippen LogP contribution is -2.37. The Kier molecular flexibility index (Phi) is 2.66. The fourth-order valence-corrected chi connectivity index (χ4v) is 0.776. The summed E-state index contributed by atoms with van der Waals surface area (Å²) in [4.78, 5) is 10.3. The highest BCUT2D eigenvalue weighted by Crippen LogP contribution is 2.04. The number of aliphatic carboxylic acids is 1. The molecule has 0 aromatic heterocycles. The molecule has 4 nitrogen and oxygen atoms in total. The van der Waals surface area contributed by atoms with Crippen LogP contribution < -0.4 is 11.1 Å². The zero-order valence-corrected chi connectivity index (χ0v) is 6.40. The number of carbonyl (C=O) groups is 1. The van der Waals surface area contributed by atoms with E-state index in [1.807, 2.05) is 6.07 Å². The maximum Gasteiger partial charge on any atom is 0.341 e. The van der Waals surface area contributed by atoms with Crippen LogP contribution in [0.25, 0.3) is 0 Å². The summed E-state index contributed by atoms with van der Waals surface area (Å²) in [5, 5.41) is 11.1. The summed E-state index contributed by atoms with van der Waals surface area (Å²) in [6.07, 6.45) is -1.05. The number of hydrogen-bond acceptors (Lipinski definition) is 3. The van der Waals surface area contributed by atoms with E-state index >= 15 is 0 Å². The second-order valence-electron chi connectivity index (χ2n) is 2.33. The van der Waals surface area contributed by atoms with E-state index in [1.54, 1.807) is 24.3 Å². The van der Waals surface area contributed by atoms with Crippen LogP contribution in [-0.4, -0.2) is 17.2 Å². The summed E-state index contributed by atoms with van der Waals surface area (Å²) < 4.78 is 0. The number of hydrogen-bond donors (Lipinski definition) is 3. The Morgan fingerprint density at radius 2 is 2.00 bits per heavy atom. The second-order valence-corrected chi connectivity index (χ2v) is 2.33. The standard InChI is InChI=1S/C8H10N2O2/c9-7(8(11)12)10-6-4-2-1-3-5-6/h1-5,7,10H,9H2,(H,11,12)/t7-/m1/s1. The van der Waals surface area contributed by atoms with Crippen LogP contribution in [0.15, 0.2) is 30.3 Å². The smallest absolute Gasteiger partial charge is 0.341 e. The molecular weight excluding hydrogens is 156 g/mol. The molecule has 0 saturated heterocycles. The highest BCUT2D eigenvalue weighted by Gasteiger charge is 2.09. The molecule has 0 aliphatic carbocycles.